The van der Waals surface area contributed by atoms with Gasteiger partial charge in [-0.1, -0.05) is 54.1 Å². The summed E-state index contributed by atoms with van der Waals surface area (Å²) in [5, 5.41) is 0.492. The van der Waals surface area contributed by atoms with Crippen LogP contribution in [0.25, 0.3) is 0 Å². The molecule has 3 aliphatic rings. The number of Topliss-reactive ketones (excluding diaryl/α,β-unsaturated/α-hetero) is 1. The molecule has 1 aliphatic heterocycles. The molecule has 5 atom stereocenters. The van der Waals surface area contributed by atoms with Crippen molar-refractivity contribution in [3.8, 4) is 0 Å². The summed E-state index contributed by atoms with van der Waals surface area (Å²) in [6.45, 7) is -0.484. The third-order valence-electron chi connectivity index (χ3n) is 6.87. The number of hydrogen-bond acceptors (Lipinski definition) is 5. The van der Waals surface area contributed by atoms with Crippen LogP contribution in [0.4, 0.5) is 0 Å². The van der Waals surface area contributed by atoms with E-state index in [-0.39, 0.29) is 30.1 Å². The summed E-state index contributed by atoms with van der Waals surface area (Å²) in [4.78, 5) is 53.3. The molecular formula is C26H22ClNO5. The summed E-state index contributed by atoms with van der Waals surface area (Å²) in [5.41, 5.74) is 1.15. The Morgan fingerprint density at radius 2 is 1.55 bits per heavy atom. The maximum Gasteiger partial charge on any atom is 0.330 e. The Hall–Kier alpha value is -3.25. The third kappa shape index (κ3) is 3.89. The van der Waals surface area contributed by atoms with E-state index in [9.17, 15) is 19.2 Å². The van der Waals surface area contributed by atoms with Gasteiger partial charge >= 0.3 is 5.97 Å². The average Bonchev–Trinajstić information content (AvgIpc) is 3.51. The van der Waals surface area contributed by atoms with Gasteiger partial charge in [0.15, 0.2) is 12.4 Å². The molecule has 1 saturated heterocycles. The highest BCUT2D eigenvalue weighted by Crippen LogP contribution is 2.53. The largest absolute Gasteiger partial charge is 0.456 e. The van der Waals surface area contributed by atoms with E-state index in [1.807, 2.05) is 42.5 Å². The summed E-state index contributed by atoms with van der Waals surface area (Å²) in [6.07, 6.45) is 4.96. The van der Waals surface area contributed by atoms with Gasteiger partial charge in [-0.3, -0.25) is 19.3 Å². The minimum atomic E-state index is -1.12. The zero-order valence-corrected chi connectivity index (χ0v) is 18.5. The number of allylic oxidation sites excluding steroid dienone is 2. The second kappa shape index (κ2) is 8.60. The van der Waals surface area contributed by atoms with E-state index in [0.717, 1.165) is 16.9 Å². The van der Waals surface area contributed by atoms with E-state index < -0.39 is 36.2 Å². The van der Waals surface area contributed by atoms with Crippen LogP contribution in [0.3, 0.4) is 0 Å². The standard InChI is InChI=1S/C26H22ClNO5/c27-19-10-8-16(9-11-19)21(29)14-33-26(32)20(12-15-4-2-1-3-5-15)28-24(30)22-17-6-7-18(13-17)23(22)25(28)31/h1-11,17-18,20,22-23H,12-14H2/t17-,18+,20-,22-,23+/m0/s1. The highest BCUT2D eigenvalue weighted by Gasteiger charge is 2.61. The molecule has 0 spiro atoms. The SMILES string of the molecule is O=C(COC(=O)[C@H](Cc1ccccc1)N1C(=O)[C@@H]2[C@H](C1=O)[C@@H]1C=C[C@H]2C1)c1ccc(Cl)cc1. The summed E-state index contributed by atoms with van der Waals surface area (Å²) in [6, 6.07) is 14.3. The summed E-state index contributed by atoms with van der Waals surface area (Å²) < 4.78 is 5.34. The number of ketones is 1. The van der Waals surface area contributed by atoms with Gasteiger partial charge in [-0.25, -0.2) is 4.79 Å². The molecule has 0 aromatic heterocycles. The normalized spacial score (nSPS) is 25.9. The lowest BCUT2D eigenvalue weighted by Gasteiger charge is -2.26. The molecular weight excluding hydrogens is 442 g/mol. The Kier molecular flexibility index (Phi) is 5.62. The van der Waals surface area contributed by atoms with Crippen LogP contribution in [0.15, 0.2) is 66.7 Å². The number of amides is 2. The van der Waals surface area contributed by atoms with E-state index in [2.05, 4.69) is 0 Å². The number of hydrogen-bond donors (Lipinski definition) is 0. The van der Waals surface area contributed by atoms with Gasteiger partial charge in [-0.05, 0) is 48.1 Å². The van der Waals surface area contributed by atoms with Crippen LogP contribution >= 0.6 is 11.6 Å². The fourth-order valence-electron chi connectivity index (χ4n) is 5.30. The highest BCUT2D eigenvalue weighted by atomic mass is 35.5. The first-order valence-electron chi connectivity index (χ1n) is 11.0. The second-order valence-corrected chi connectivity index (χ2v) is 9.23. The van der Waals surface area contributed by atoms with Crippen LogP contribution in [0, 0.1) is 23.7 Å². The molecule has 1 saturated carbocycles. The molecule has 168 valence electrons. The predicted molar refractivity (Wildman–Crippen MR) is 120 cm³/mol. The Morgan fingerprint density at radius 1 is 0.939 bits per heavy atom. The van der Waals surface area contributed by atoms with Crippen LogP contribution in [-0.4, -0.2) is 41.1 Å². The molecule has 2 aromatic rings. The number of imide groups is 1. The number of esters is 1. The van der Waals surface area contributed by atoms with E-state index in [0.29, 0.717) is 10.6 Å². The highest BCUT2D eigenvalue weighted by molar-refractivity contribution is 6.30. The first kappa shape index (κ1) is 21.6. The third-order valence-corrected chi connectivity index (χ3v) is 7.12. The molecule has 2 fully saturated rings. The molecule has 7 heteroatoms. The first-order chi connectivity index (χ1) is 15.9. The number of nitrogens with zero attached hydrogens (tertiary/aromatic N) is 1. The van der Waals surface area contributed by atoms with Crippen molar-refractivity contribution < 1.29 is 23.9 Å². The van der Waals surface area contributed by atoms with Crippen LogP contribution in [0.1, 0.15) is 22.3 Å². The zero-order valence-electron chi connectivity index (χ0n) is 17.7. The second-order valence-electron chi connectivity index (χ2n) is 8.79. The minimum absolute atomic E-state index is 0.0429. The van der Waals surface area contributed by atoms with Crippen LogP contribution < -0.4 is 0 Å². The molecule has 6 nitrogen and oxygen atoms in total. The number of ether oxygens (including phenoxy) is 1. The molecule has 5 rings (SSSR count). The van der Waals surface area contributed by atoms with Crippen LogP contribution in [0.2, 0.25) is 5.02 Å². The molecule has 2 aliphatic carbocycles. The number of halogens is 1. The van der Waals surface area contributed by atoms with Crippen molar-refractivity contribution in [3.05, 3.63) is 82.9 Å². The van der Waals surface area contributed by atoms with Crippen LogP contribution in [-0.2, 0) is 25.5 Å². The molecule has 1 heterocycles. The molecule has 0 N–H and O–H groups in total. The quantitative estimate of drug-likeness (QED) is 0.272. The van der Waals surface area contributed by atoms with E-state index >= 15 is 0 Å². The fourth-order valence-corrected chi connectivity index (χ4v) is 5.43. The predicted octanol–water partition coefficient (Wildman–Crippen LogP) is 3.48. The smallest absolute Gasteiger partial charge is 0.330 e. The van der Waals surface area contributed by atoms with Gasteiger partial charge < -0.3 is 4.74 Å². The minimum Gasteiger partial charge on any atom is -0.456 e. The van der Waals surface area contributed by atoms with Crippen molar-refractivity contribution in [1.29, 1.82) is 0 Å². The zero-order chi connectivity index (χ0) is 23.1. The summed E-state index contributed by atoms with van der Waals surface area (Å²) >= 11 is 5.86. The number of carbonyl (C=O) groups is 4. The van der Waals surface area contributed by atoms with Crippen molar-refractivity contribution in [1.82, 2.24) is 4.90 Å². The monoisotopic (exact) mass is 463 g/mol. The van der Waals surface area contributed by atoms with Crippen molar-refractivity contribution in [2.75, 3.05) is 6.61 Å². The van der Waals surface area contributed by atoms with Crippen molar-refractivity contribution in [2.24, 2.45) is 23.7 Å². The van der Waals surface area contributed by atoms with Gasteiger partial charge in [0, 0.05) is 17.0 Å². The Bertz CT molecular complexity index is 1110. The number of benzene rings is 2. The first-order valence-corrected chi connectivity index (χ1v) is 11.4. The molecule has 33 heavy (non-hydrogen) atoms. The van der Waals surface area contributed by atoms with Gasteiger partial charge in [-0.15, -0.1) is 0 Å². The van der Waals surface area contributed by atoms with Gasteiger partial charge in [0.05, 0.1) is 11.8 Å². The lowest BCUT2D eigenvalue weighted by Crippen LogP contribution is -2.48. The maximum atomic E-state index is 13.3. The average molecular weight is 464 g/mol. The summed E-state index contributed by atoms with van der Waals surface area (Å²) in [7, 11) is 0. The van der Waals surface area contributed by atoms with Gasteiger partial charge in [0.1, 0.15) is 6.04 Å². The molecule has 2 amide bonds. The number of fused-ring (bicyclic) bond motifs is 5. The topological polar surface area (TPSA) is 80.8 Å². The number of likely N-dealkylation sites (tertiary alicyclic amines) is 1. The van der Waals surface area contributed by atoms with Crippen molar-refractivity contribution >= 4 is 35.2 Å². The van der Waals surface area contributed by atoms with Crippen molar-refractivity contribution in [3.63, 3.8) is 0 Å². The summed E-state index contributed by atoms with van der Waals surface area (Å²) in [5.74, 6) is -2.52. The Balaban J connectivity index is 1.36. The molecule has 0 unspecified atom stereocenters. The molecule has 2 aromatic carbocycles. The van der Waals surface area contributed by atoms with Gasteiger partial charge in [0.2, 0.25) is 11.8 Å². The van der Waals surface area contributed by atoms with E-state index in [1.165, 1.54) is 0 Å². The molecule has 2 bridgehead atoms. The van der Waals surface area contributed by atoms with Crippen molar-refractivity contribution in [2.45, 2.75) is 18.9 Å². The van der Waals surface area contributed by atoms with Crippen LogP contribution in [0.5, 0.6) is 0 Å². The van der Waals surface area contributed by atoms with Gasteiger partial charge in [-0.2, -0.15) is 0 Å². The van der Waals surface area contributed by atoms with E-state index in [4.69, 9.17) is 16.3 Å². The fraction of sp³-hybridized carbons (Fsp3) is 0.308. The van der Waals surface area contributed by atoms with Gasteiger partial charge in [0.25, 0.3) is 0 Å². The Labute approximate surface area is 196 Å². The lowest BCUT2D eigenvalue weighted by molar-refractivity contribution is -0.158. The Morgan fingerprint density at radius 3 is 2.15 bits per heavy atom. The number of rotatable bonds is 7. The molecule has 0 radical (unpaired) electrons. The maximum absolute atomic E-state index is 13.3. The van der Waals surface area contributed by atoms with E-state index in [1.54, 1.807) is 24.3 Å². The number of carbonyl (C=O) groups excluding carboxylic acids is 4. The lowest BCUT2D eigenvalue weighted by atomic mass is 9.85.